The lowest BCUT2D eigenvalue weighted by molar-refractivity contribution is 0.947. The number of rotatable bonds is 4. The van der Waals surface area contributed by atoms with Crippen LogP contribution in [0.15, 0.2) is 30.3 Å². The highest BCUT2D eigenvalue weighted by Gasteiger charge is 2.30. The minimum absolute atomic E-state index is 0.880. The fourth-order valence-electron chi connectivity index (χ4n) is 1.25. The summed E-state index contributed by atoms with van der Waals surface area (Å²) < 4.78 is 0. The van der Waals surface area contributed by atoms with Gasteiger partial charge in [0, 0.05) is 0 Å². The van der Waals surface area contributed by atoms with Gasteiger partial charge in [-0.05, 0) is 18.8 Å². The first-order valence-corrected chi connectivity index (χ1v) is 7.42. The minimum atomic E-state index is -2.13. The molecule has 13 heavy (non-hydrogen) atoms. The van der Waals surface area contributed by atoms with E-state index >= 15 is 0 Å². The highest BCUT2D eigenvalue weighted by Crippen LogP contribution is 2.00. The SMILES string of the molecule is CCN[Si](Cl)(NC)c1ccccc1. The van der Waals surface area contributed by atoms with E-state index in [4.69, 9.17) is 11.1 Å². The van der Waals surface area contributed by atoms with Gasteiger partial charge >= 0.3 is 7.71 Å². The maximum absolute atomic E-state index is 6.47. The molecular formula is C9H15ClN2Si. The van der Waals surface area contributed by atoms with Gasteiger partial charge in [0.15, 0.2) is 0 Å². The van der Waals surface area contributed by atoms with Crippen LogP contribution in [0, 0.1) is 0 Å². The summed E-state index contributed by atoms with van der Waals surface area (Å²) in [7, 11) is -0.230. The van der Waals surface area contributed by atoms with Crippen LogP contribution in [0.1, 0.15) is 6.92 Å². The monoisotopic (exact) mass is 214 g/mol. The molecule has 0 bridgehead atoms. The molecule has 0 spiro atoms. The van der Waals surface area contributed by atoms with Gasteiger partial charge in [0.05, 0.1) is 0 Å². The summed E-state index contributed by atoms with van der Waals surface area (Å²) in [6, 6.07) is 10.1. The second kappa shape index (κ2) is 4.76. The summed E-state index contributed by atoms with van der Waals surface area (Å²) in [6.07, 6.45) is 0. The summed E-state index contributed by atoms with van der Waals surface area (Å²) >= 11 is 6.47. The zero-order valence-corrected chi connectivity index (χ0v) is 9.73. The number of benzene rings is 1. The van der Waals surface area contributed by atoms with Gasteiger partial charge in [0.25, 0.3) is 0 Å². The Morgan fingerprint density at radius 3 is 2.38 bits per heavy atom. The van der Waals surface area contributed by atoms with Crippen molar-refractivity contribution < 1.29 is 0 Å². The second-order valence-corrected chi connectivity index (χ2v) is 7.25. The van der Waals surface area contributed by atoms with Crippen molar-refractivity contribution in [1.82, 2.24) is 9.96 Å². The summed E-state index contributed by atoms with van der Waals surface area (Å²) in [4.78, 5) is 6.51. The van der Waals surface area contributed by atoms with Gasteiger partial charge in [0.2, 0.25) is 0 Å². The summed E-state index contributed by atoms with van der Waals surface area (Å²) in [5.41, 5.74) is 0. The highest BCUT2D eigenvalue weighted by molar-refractivity contribution is 7.24. The van der Waals surface area contributed by atoms with Crippen LogP contribution < -0.4 is 15.2 Å². The Balaban J connectivity index is 2.89. The van der Waals surface area contributed by atoms with E-state index in [0.29, 0.717) is 0 Å². The topological polar surface area (TPSA) is 24.1 Å². The first-order chi connectivity index (χ1) is 6.23. The van der Waals surface area contributed by atoms with Crippen molar-refractivity contribution >= 4 is 24.0 Å². The number of hydrogen-bond donors (Lipinski definition) is 2. The van der Waals surface area contributed by atoms with Crippen LogP contribution in [0.4, 0.5) is 0 Å². The molecule has 1 atom stereocenters. The third kappa shape index (κ3) is 2.54. The van der Waals surface area contributed by atoms with Gasteiger partial charge in [-0.15, -0.1) is 11.1 Å². The molecule has 0 aliphatic rings. The lowest BCUT2D eigenvalue weighted by Gasteiger charge is -2.24. The quantitative estimate of drug-likeness (QED) is 0.575. The van der Waals surface area contributed by atoms with Crippen LogP contribution in [0.25, 0.3) is 0 Å². The third-order valence-electron chi connectivity index (χ3n) is 1.94. The lowest BCUT2D eigenvalue weighted by atomic mass is 10.4. The van der Waals surface area contributed by atoms with Crippen LogP contribution in [0.2, 0.25) is 0 Å². The molecule has 0 heterocycles. The maximum atomic E-state index is 6.47. The fraction of sp³-hybridized carbons (Fsp3) is 0.333. The number of halogens is 1. The molecule has 72 valence electrons. The van der Waals surface area contributed by atoms with Gasteiger partial charge in [-0.3, -0.25) is 0 Å². The van der Waals surface area contributed by atoms with Crippen molar-refractivity contribution in [2.24, 2.45) is 0 Å². The van der Waals surface area contributed by atoms with E-state index in [1.807, 2.05) is 25.2 Å². The summed E-state index contributed by atoms with van der Waals surface area (Å²) in [5, 5.41) is 1.17. The molecule has 0 amide bonds. The normalized spacial score (nSPS) is 15.3. The lowest BCUT2D eigenvalue weighted by Crippen LogP contribution is -2.65. The van der Waals surface area contributed by atoms with E-state index in [-0.39, 0.29) is 0 Å². The molecule has 2 N–H and O–H groups in total. The average Bonchev–Trinajstić information content (AvgIpc) is 2.19. The molecule has 4 heteroatoms. The zero-order valence-electron chi connectivity index (χ0n) is 7.97. The molecule has 1 aromatic rings. The largest absolute Gasteiger partial charge is 0.334 e. The summed E-state index contributed by atoms with van der Waals surface area (Å²) in [5.74, 6) is 0. The Bertz CT molecular complexity index is 255. The molecule has 0 aromatic heterocycles. The number of nitrogens with one attached hydrogen (secondary N) is 2. The molecule has 1 aromatic carbocycles. The van der Waals surface area contributed by atoms with Crippen molar-refractivity contribution in [2.75, 3.05) is 13.6 Å². The predicted octanol–water partition coefficient (Wildman–Crippen LogP) is 0.900. The molecule has 0 saturated carbocycles. The van der Waals surface area contributed by atoms with Crippen molar-refractivity contribution in [1.29, 1.82) is 0 Å². The Morgan fingerprint density at radius 2 is 1.92 bits per heavy atom. The molecule has 0 aliphatic heterocycles. The smallest absolute Gasteiger partial charge is 0.313 e. The van der Waals surface area contributed by atoms with Gasteiger partial charge in [-0.1, -0.05) is 37.3 Å². The molecular weight excluding hydrogens is 200 g/mol. The predicted molar refractivity (Wildman–Crippen MR) is 60.4 cm³/mol. The van der Waals surface area contributed by atoms with Crippen LogP contribution in [0.5, 0.6) is 0 Å². The Hall–Kier alpha value is -0.353. The van der Waals surface area contributed by atoms with E-state index in [9.17, 15) is 0 Å². The van der Waals surface area contributed by atoms with Crippen LogP contribution >= 0.6 is 11.1 Å². The molecule has 0 aliphatic carbocycles. The van der Waals surface area contributed by atoms with E-state index < -0.39 is 7.71 Å². The minimum Gasteiger partial charge on any atom is -0.313 e. The van der Waals surface area contributed by atoms with E-state index in [0.717, 1.165) is 6.54 Å². The van der Waals surface area contributed by atoms with Gasteiger partial charge < -0.3 is 9.96 Å². The molecule has 0 radical (unpaired) electrons. The van der Waals surface area contributed by atoms with Crippen molar-refractivity contribution in [2.45, 2.75) is 6.92 Å². The van der Waals surface area contributed by atoms with Gasteiger partial charge in [0.1, 0.15) is 0 Å². The van der Waals surface area contributed by atoms with Crippen LogP contribution in [0.3, 0.4) is 0 Å². The van der Waals surface area contributed by atoms with Crippen LogP contribution in [-0.4, -0.2) is 21.3 Å². The molecule has 1 rings (SSSR count). The summed E-state index contributed by atoms with van der Waals surface area (Å²) in [6.45, 7) is 2.94. The first-order valence-electron chi connectivity index (χ1n) is 4.41. The highest BCUT2D eigenvalue weighted by atomic mass is 35.6. The van der Waals surface area contributed by atoms with E-state index in [1.54, 1.807) is 0 Å². The molecule has 0 saturated heterocycles. The molecule has 2 nitrogen and oxygen atoms in total. The van der Waals surface area contributed by atoms with E-state index in [2.05, 4.69) is 29.0 Å². The molecule has 1 unspecified atom stereocenters. The van der Waals surface area contributed by atoms with Gasteiger partial charge in [-0.25, -0.2) is 0 Å². The second-order valence-electron chi connectivity index (χ2n) is 2.80. The average molecular weight is 215 g/mol. The van der Waals surface area contributed by atoms with Crippen LogP contribution in [-0.2, 0) is 0 Å². The van der Waals surface area contributed by atoms with Crippen molar-refractivity contribution in [3.8, 4) is 0 Å². The van der Waals surface area contributed by atoms with Gasteiger partial charge in [-0.2, -0.15) is 0 Å². The first kappa shape index (κ1) is 10.7. The zero-order chi connectivity index (χ0) is 9.73. The third-order valence-corrected chi connectivity index (χ3v) is 6.22. The standard InChI is InChI=1S/C9H15ClN2Si/c1-3-12-13(10,11-2)9-7-5-4-6-8-9/h4-8,11-12H,3H2,1-2H3. The number of hydrogen-bond acceptors (Lipinski definition) is 2. The molecule has 0 fully saturated rings. The Labute approximate surface area is 85.2 Å². The van der Waals surface area contributed by atoms with Crippen molar-refractivity contribution in [3.05, 3.63) is 30.3 Å². The maximum Gasteiger partial charge on any atom is 0.334 e. The van der Waals surface area contributed by atoms with E-state index in [1.165, 1.54) is 5.19 Å². The fourth-order valence-corrected chi connectivity index (χ4v) is 3.83. The Morgan fingerprint density at radius 1 is 1.31 bits per heavy atom. The van der Waals surface area contributed by atoms with Crippen molar-refractivity contribution in [3.63, 3.8) is 0 Å². The Kier molecular flexibility index (Phi) is 3.93.